The second-order valence-electron chi connectivity index (χ2n) is 6.30. The zero-order chi connectivity index (χ0) is 13.2. The predicted octanol–water partition coefficient (Wildman–Crippen LogP) is 4.23. The van der Waals surface area contributed by atoms with Crippen LogP contribution < -0.4 is 0 Å². The maximum Gasteiger partial charge on any atom is 0.229 e. The van der Waals surface area contributed by atoms with Gasteiger partial charge in [-0.05, 0) is 64.2 Å². The second-order valence-corrected chi connectivity index (χ2v) is 6.92. The highest BCUT2D eigenvalue weighted by molar-refractivity contribution is 6.20. The molecule has 1 saturated carbocycles. The Balaban J connectivity index is 1.72. The van der Waals surface area contributed by atoms with E-state index in [0.717, 1.165) is 45.1 Å². The SMILES string of the molecule is O=C(C1CCC(Cl)CC1)N1CCCC2=C1CCCC2. The molecule has 0 radical (unpaired) electrons. The fraction of sp³-hybridized carbons (Fsp3) is 0.812. The molecule has 1 heterocycles. The zero-order valence-electron chi connectivity index (χ0n) is 11.7. The van der Waals surface area contributed by atoms with Gasteiger partial charge in [0.25, 0.3) is 0 Å². The Morgan fingerprint density at radius 2 is 1.68 bits per heavy atom. The number of nitrogens with zero attached hydrogens (tertiary/aromatic N) is 1. The van der Waals surface area contributed by atoms with E-state index in [1.807, 2.05) is 0 Å². The molecule has 3 aliphatic rings. The van der Waals surface area contributed by atoms with Crippen molar-refractivity contribution in [2.75, 3.05) is 6.54 Å². The lowest BCUT2D eigenvalue weighted by Crippen LogP contribution is -2.40. The molecule has 0 N–H and O–H groups in total. The minimum Gasteiger partial charge on any atom is -0.316 e. The number of halogens is 1. The molecule has 1 aliphatic heterocycles. The topological polar surface area (TPSA) is 20.3 Å². The molecule has 0 saturated heterocycles. The zero-order valence-corrected chi connectivity index (χ0v) is 12.4. The Morgan fingerprint density at radius 3 is 2.47 bits per heavy atom. The summed E-state index contributed by atoms with van der Waals surface area (Å²) in [5, 5.41) is 0.301. The molecular weight excluding hydrogens is 258 g/mol. The van der Waals surface area contributed by atoms with Crippen LogP contribution in [0.5, 0.6) is 0 Å². The fourth-order valence-electron chi connectivity index (χ4n) is 3.90. The van der Waals surface area contributed by atoms with Crippen molar-refractivity contribution in [1.29, 1.82) is 0 Å². The highest BCUT2D eigenvalue weighted by atomic mass is 35.5. The van der Waals surface area contributed by atoms with Gasteiger partial charge in [0.15, 0.2) is 0 Å². The van der Waals surface area contributed by atoms with Gasteiger partial charge in [-0.25, -0.2) is 0 Å². The van der Waals surface area contributed by atoms with Gasteiger partial charge in [0.2, 0.25) is 5.91 Å². The molecule has 0 aromatic carbocycles. The number of carbonyl (C=O) groups is 1. The summed E-state index contributed by atoms with van der Waals surface area (Å²) in [6.07, 6.45) is 11.3. The van der Waals surface area contributed by atoms with E-state index in [4.69, 9.17) is 11.6 Å². The van der Waals surface area contributed by atoms with Gasteiger partial charge in [0, 0.05) is 23.5 Å². The molecule has 3 heteroatoms. The van der Waals surface area contributed by atoms with Crippen LogP contribution in [0, 0.1) is 5.92 Å². The molecule has 0 unspecified atom stereocenters. The number of hydrogen-bond acceptors (Lipinski definition) is 1. The second kappa shape index (κ2) is 5.87. The van der Waals surface area contributed by atoms with Gasteiger partial charge in [-0.3, -0.25) is 4.79 Å². The molecule has 2 aliphatic carbocycles. The highest BCUT2D eigenvalue weighted by Crippen LogP contribution is 2.36. The standard InChI is InChI=1S/C16H24ClNO/c17-14-9-7-13(8-10-14)16(19)18-11-3-5-12-4-1-2-6-15(12)18/h13-14H,1-11H2. The maximum absolute atomic E-state index is 12.8. The Hall–Kier alpha value is -0.500. The largest absolute Gasteiger partial charge is 0.316 e. The molecule has 0 aromatic rings. The van der Waals surface area contributed by atoms with Gasteiger partial charge in [0.1, 0.15) is 0 Å². The van der Waals surface area contributed by atoms with Crippen LogP contribution in [0.2, 0.25) is 0 Å². The van der Waals surface area contributed by atoms with Gasteiger partial charge in [-0.2, -0.15) is 0 Å². The lowest BCUT2D eigenvalue weighted by Gasteiger charge is -2.38. The van der Waals surface area contributed by atoms with Gasteiger partial charge in [-0.1, -0.05) is 5.57 Å². The average molecular weight is 282 g/mol. The van der Waals surface area contributed by atoms with Gasteiger partial charge < -0.3 is 4.90 Å². The van der Waals surface area contributed by atoms with E-state index in [-0.39, 0.29) is 5.92 Å². The summed E-state index contributed by atoms with van der Waals surface area (Å²) in [6.45, 7) is 0.957. The van der Waals surface area contributed by atoms with E-state index in [9.17, 15) is 4.79 Å². The lowest BCUT2D eigenvalue weighted by molar-refractivity contribution is -0.135. The number of carbonyl (C=O) groups excluding carboxylic acids is 1. The minimum absolute atomic E-state index is 0.240. The fourth-order valence-corrected chi connectivity index (χ4v) is 4.15. The van der Waals surface area contributed by atoms with Crippen LogP contribution in [0.4, 0.5) is 0 Å². The van der Waals surface area contributed by atoms with Crippen molar-refractivity contribution in [3.05, 3.63) is 11.3 Å². The number of amides is 1. The molecule has 2 nitrogen and oxygen atoms in total. The van der Waals surface area contributed by atoms with E-state index < -0.39 is 0 Å². The molecule has 1 fully saturated rings. The van der Waals surface area contributed by atoms with Crippen molar-refractivity contribution in [2.24, 2.45) is 5.92 Å². The maximum atomic E-state index is 12.8. The third-order valence-electron chi connectivity index (χ3n) is 5.01. The van der Waals surface area contributed by atoms with Crippen molar-refractivity contribution >= 4 is 17.5 Å². The predicted molar refractivity (Wildman–Crippen MR) is 78.0 cm³/mol. The summed E-state index contributed by atoms with van der Waals surface area (Å²) < 4.78 is 0. The molecule has 3 rings (SSSR count). The van der Waals surface area contributed by atoms with Gasteiger partial charge in [0.05, 0.1) is 0 Å². The van der Waals surface area contributed by atoms with E-state index in [0.29, 0.717) is 11.3 Å². The molecule has 106 valence electrons. The normalized spacial score (nSPS) is 32.2. The lowest BCUT2D eigenvalue weighted by atomic mass is 9.85. The number of alkyl halides is 1. The van der Waals surface area contributed by atoms with E-state index in [1.54, 1.807) is 5.57 Å². The summed E-state index contributed by atoms with van der Waals surface area (Å²) in [5.41, 5.74) is 2.98. The average Bonchev–Trinajstić information content (AvgIpc) is 2.47. The molecule has 19 heavy (non-hydrogen) atoms. The smallest absolute Gasteiger partial charge is 0.229 e. The van der Waals surface area contributed by atoms with Gasteiger partial charge >= 0.3 is 0 Å². The molecule has 0 atom stereocenters. The van der Waals surface area contributed by atoms with Crippen LogP contribution in [0.1, 0.15) is 64.2 Å². The molecule has 0 aromatic heterocycles. The van der Waals surface area contributed by atoms with E-state index in [1.165, 1.54) is 31.4 Å². The molecule has 1 amide bonds. The summed E-state index contributed by atoms with van der Waals surface area (Å²) in [5.74, 6) is 0.640. The van der Waals surface area contributed by atoms with Gasteiger partial charge in [-0.15, -0.1) is 11.6 Å². The minimum atomic E-state index is 0.240. The summed E-state index contributed by atoms with van der Waals surface area (Å²) in [4.78, 5) is 14.9. The van der Waals surface area contributed by atoms with Crippen LogP contribution >= 0.6 is 11.6 Å². The van der Waals surface area contributed by atoms with E-state index in [2.05, 4.69) is 4.90 Å². The van der Waals surface area contributed by atoms with Crippen LogP contribution in [0.15, 0.2) is 11.3 Å². The first-order chi connectivity index (χ1) is 9.25. The van der Waals surface area contributed by atoms with Crippen molar-refractivity contribution in [2.45, 2.75) is 69.6 Å². The monoisotopic (exact) mass is 281 g/mol. The summed E-state index contributed by atoms with van der Waals surface area (Å²) in [6, 6.07) is 0. The molecular formula is C16H24ClNO. The first-order valence-electron chi connectivity index (χ1n) is 7.92. The number of allylic oxidation sites excluding steroid dienone is 2. The first-order valence-corrected chi connectivity index (χ1v) is 8.35. The summed E-state index contributed by atoms with van der Waals surface area (Å²) >= 11 is 6.15. The summed E-state index contributed by atoms with van der Waals surface area (Å²) in [7, 11) is 0. The quantitative estimate of drug-likeness (QED) is 0.659. The third kappa shape index (κ3) is 2.84. The molecule has 0 spiro atoms. The van der Waals surface area contributed by atoms with Crippen LogP contribution in [0.3, 0.4) is 0 Å². The Labute approximate surface area is 121 Å². The van der Waals surface area contributed by atoms with Crippen molar-refractivity contribution in [3.8, 4) is 0 Å². The van der Waals surface area contributed by atoms with Crippen LogP contribution in [-0.4, -0.2) is 22.7 Å². The van der Waals surface area contributed by atoms with Crippen molar-refractivity contribution in [1.82, 2.24) is 4.90 Å². The van der Waals surface area contributed by atoms with Crippen molar-refractivity contribution < 1.29 is 4.79 Å². The number of hydrogen-bond donors (Lipinski definition) is 0. The van der Waals surface area contributed by atoms with Crippen LogP contribution in [-0.2, 0) is 4.79 Å². The van der Waals surface area contributed by atoms with Crippen LogP contribution in [0.25, 0.3) is 0 Å². The Bertz CT molecular complexity index is 378. The first kappa shape index (κ1) is 13.5. The molecule has 0 bridgehead atoms. The Morgan fingerprint density at radius 1 is 1.00 bits per heavy atom. The van der Waals surface area contributed by atoms with Crippen molar-refractivity contribution in [3.63, 3.8) is 0 Å². The Kier molecular flexibility index (Phi) is 4.16. The number of rotatable bonds is 1. The highest BCUT2D eigenvalue weighted by Gasteiger charge is 2.33. The van der Waals surface area contributed by atoms with E-state index >= 15 is 0 Å². The third-order valence-corrected chi connectivity index (χ3v) is 5.44.